The average Bonchev–Trinajstić information content (AvgIpc) is 3.02. The molecule has 0 bridgehead atoms. The number of hydrogen-bond acceptors (Lipinski definition) is 6. The monoisotopic (exact) mass is 760 g/mol. The number of carbonyl (C=O) groups is 3. The van der Waals surface area contributed by atoms with Crippen LogP contribution in [0.3, 0.4) is 0 Å². The van der Waals surface area contributed by atoms with Crippen molar-refractivity contribution in [1.29, 1.82) is 0 Å². The summed E-state index contributed by atoms with van der Waals surface area (Å²) >= 11 is 1.72. The topological polar surface area (TPSA) is 120 Å². The van der Waals surface area contributed by atoms with Crippen LogP contribution in [-0.2, 0) is 14.4 Å². The molecule has 0 heterocycles. The van der Waals surface area contributed by atoms with Gasteiger partial charge in [-0.1, -0.05) is 117 Å². The van der Waals surface area contributed by atoms with Crippen LogP contribution in [-0.4, -0.2) is 40.4 Å². The zero-order valence-corrected chi connectivity index (χ0v) is 33.9. The molecular formula is C39H76O6Sn. The Morgan fingerprint density at radius 2 is 0.500 bits per heavy atom. The molecule has 0 radical (unpaired) electrons. The number of carboxylic acid groups (broad SMARTS) is 3. The number of aliphatic carboxylic acids is 3. The van der Waals surface area contributed by atoms with Crippen LogP contribution >= 0.6 is 0 Å². The first kappa shape index (κ1) is 52.0. The predicted molar refractivity (Wildman–Crippen MR) is 191 cm³/mol. The quantitative estimate of drug-likeness (QED) is 0.0514. The van der Waals surface area contributed by atoms with Gasteiger partial charge in [-0.05, 0) is 38.5 Å². The summed E-state index contributed by atoms with van der Waals surface area (Å²) < 4.78 is 1.46. The second-order valence-electron chi connectivity index (χ2n) is 12.6. The van der Waals surface area contributed by atoms with Crippen LogP contribution in [0.4, 0.5) is 0 Å². The molecule has 0 saturated carbocycles. The van der Waals surface area contributed by atoms with Crippen molar-refractivity contribution in [2.75, 3.05) is 0 Å². The molecule has 0 fully saturated rings. The Hall–Kier alpha value is -0.791. The van der Waals surface area contributed by atoms with Crippen molar-refractivity contribution >= 4 is 40.4 Å². The van der Waals surface area contributed by atoms with Gasteiger partial charge in [0.25, 0.3) is 0 Å². The van der Waals surface area contributed by atoms with E-state index in [0.29, 0.717) is 0 Å². The Bertz CT molecular complexity index is 513. The standard InChI is InChI=1S/C12H25.3C9H18O2.Sn/c1-3-5-7-9-11-12-10-8-6-4-2;3*1-2-3-4-5-6-7-8-9(10)11;/h1,3-12H2,2H3;3*2-8H2,1H3,(H,10,11);/q;;;;+3/p-3. The van der Waals surface area contributed by atoms with Gasteiger partial charge in [0.15, 0.2) is 0 Å². The van der Waals surface area contributed by atoms with E-state index in [4.69, 9.17) is 0 Å². The van der Waals surface area contributed by atoms with Crippen LogP contribution < -0.4 is 15.3 Å². The second-order valence-corrected chi connectivity index (χ2v) is 14.0. The Morgan fingerprint density at radius 1 is 0.326 bits per heavy atom. The van der Waals surface area contributed by atoms with Gasteiger partial charge in [-0.25, -0.2) is 0 Å². The van der Waals surface area contributed by atoms with E-state index >= 15 is 0 Å². The summed E-state index contributed by atoms with van der Waals surface area (Å²) in [6.07, 6.45) is 35.6. The van der Waals surface area contributed by atoms with Crippen LogP contribution in [0.1, 0.15) is 227 Å². The van der Waals surface area contributed by atoms with Gasteiger partial charge in [-0.15, -0.1) is 0 Å². The number of carboxylic acids is 3. The van der Waals surface area contributed by atoms with Crippen molar-refractivity contribution in [2.24, 2.45) is 0 Å². The Balaban J connectivity index is -0.000000256. The fourth-order valence-corrected chi connectivity index (χ4v) is 5.47. The molecule has 0 aromatic rings. The summed E-state index contributed by atoms with van der Waals surface area (Å²) in [6.45, 7) is 8.79. The number of unbranched alkanes of at least 4 members (excludes halogenated alkanes) is 24. The van der Waals surface area contributed by atoms with Crippen LogP contribution in [0.5, 0.6) is 0 Å². The number of rotatable bonds is 31. The molecule has 0 amide bonds. The third-order valence-corrected chi connectivity index (χ3v) is 8.74. The van der Waals surface area contributed by atoms with Crippen molar-refractivity contribution in [3.63, 3.8) is 0 Å². The predicted octanol–water partition coefficient (Wildman–Crippen LogP) is 8.95. The summed E-state index contributed by atoms with van der Waals surface area (Å²) in [5.74, 6) is -2.75. The van der Waals surface area contributed by atoms with E-state index in [1.165, 1.54) is 146 Å². The average molecular weight is 760 g/mol. The third-order valence-electron chi connectivity index (χ3n) is 7.73. The van der Waals surface area contributed by atoms with E-state index in [2.05, 4.69) is 27.7 Å². The van der Waals surface area contributed by atoms with Crippen LogP contribution in [0, 0.1) is 0 Å². The molecule has 0 aromatic heterocycles. The minimum atomic E-state index is -0.916. The first-order valence-electron chi connectivity index (χ1n) is 19.5. The molecule has 0 spiro atoms. The van der Waals surface area contributed by atoms with Crippen LogP contribution in [0.25, 0.3) is 0 Å². The molecular weight excluding hydrogens is 683 g/mol. The molecule has 0 unspecified atom stereocenters. The summed E-state index contributed by atoms with van der Waals surface area (Å²) in [4.78, 5) is 29.9. The molecule has 0 aliphatic carbocycles. The van der Waals surface area contributed by atoms with E-state index in [0.717, 1.165) is 38.5 Å². The first-order valence-corrected chi connectivity index (χ1v) is 21.5. The first-order chi connectivity index (χ1) is 22.2. The van der Waals surface area contributed by atoms with E-state index in [9.17, 15) is 29.7 Å². The van der Waals surface area contributed by atoms with Crippen molar-refractivity contribution < 1.29 is 29.7 Å². The Morgan fingerprint density at radius 3 is 0.674 bits per heavy atom. The molecule has 0 N–H and O–H groups in total. The molecule has 46 heavy (non-hydrogen) atoms. The molecule has 0 rings (SSSR count). The molecule has 272 valence electrons. The van der Waals surface area contributed by atoms with Gasteiger partial charge in [0, 0.05) is 17.9 Å². The maximum absolute atomic E-state index is 9.98. The zero-order valence-electron chi connectivity index (χ0n) is 31.1. The van der Waals surface area contributed by atoms with Gasteiger partial charge in [0.1, 0.15) is 0 Å². The third kappa shape index (κ3) is 69.8. The zero-order chi connectivity index (χ0) is 35.4. The Labute approximate surface area is 300 Å². The van der Waals surface area contributed by atoms with Crippen LogP contribution in [0.15, 0.2) is 0 Å². The van der Waals surface area contributed by atoms with E-state index < -0.39 is 17.9 Å². The van der Waals surface area contributed by atoms with Gasteiger partial charge in [-0.2, -0.15) is 0 Å². The van der Waals surface area contributed by atoms with Gasteiger partial charge in [0.2, 0.25) is 0 Å². The Kier molecular flexibility index (Phi) is 57.7. The van der Waals surface area contributed by atoms with Gasteiger partial charge in [-0.3, -0.25) is 0 Å². The van der Waals surface area contributed by atoms with E-state index in [1.54, 1.807) is 22.5 Å². The van der Waals surface area contributed by atoms with Gasteiger partial charge >= 0.3 is 98.1 Å². The molecule has 0 saturated heterocycles. The fourth-order valence-electron chi connectivity index (χ4n) is 4.76. The SMILES string of the molecule is CCCCCCCCC(=O)[O-].CCCCCCCCC(=O)[O-].CCCCCCCCC(=O)[O-].CCCCCCCCCCC[CH2][Sn+3]. The van der Waals surface area contributed by atoms with E-state index in [-0.39, 0.29) is 19.3 Å². The summed E-state index contributed by atoms with van der Waals surface area (Å²) in [6, 6.07) is 0. The normalized spacial score (nSPS) is 10.1. The summed E-state index contributed by atoms with van der Waals surface area (Å²) in [7, 11) is 0. The van der Waals surface area contributed by atoms with Gasteiger partial charge in [0.05, 0.1) is 0 Å². The molecule has 0 aliphatic heterocycles. The summed E-state index contributed by atoms with van der Waals surface area (Å²) in [5, 5.41) is 29.9. The minimum absolute atomic E-state index is 0.228. The fraction of sp³-hybridized carbons (Fsp3) is 0.923. The maximum atomic E-state index is 9.98. The molecule has 7 heteroatoms. The van der Waals surface area contributed by atoms with E-state index in [1.807, 2.05) is 0 Å². The molecule has 0 aromatic carbocycles. The van der Waals surface area contributed by atoms with Gasteiger partial charge < -0.3 is 29.7 Å². The number of hydrogen-bond donors (Lipinski definition) is 0. The number of carbonyl (C=O) groups excluding carboxylic acids is 3. The van der Waals surface area contributed by atoms with Crippen molar-refractivity contribution in [2.45, 2.75) is 231 Å². The van der Waals surface area contributed by atoms with Crippen molar-refractivity contribution in [1.82, 2.24) is 0 Å². The van der Waals surface area contributed by atoms with Crippen LogP contribution in [0.2, 0.25) is 4.44 Å². The van der Waals surface area contributed by atoms with Crippen molar-refractivity contribution in [3.8, 4) is 0 Å². The summed E-state index contributed by atoms with van der Waals surface area (Å²) in [5.41, 5.74) is 0. The molecule has 0 aliphatic rings. The van der Waals surface area contributed by atoms with Crippen molar-refractivity contribution in [3.05, 3.63) is 0 Å². The second kappa shape index (κ2) is 51.1. The molecule has 0 atom stereocenters. The molecule has 6 nitrogen and oxygen atoms in total.